The van der Waals surface area contributed by atoms with E-state index in [1.54, 1.807) is 47.2 Å². The maximum absolute atomic E-state index is 13.9. The molecular formula is C27H32N4O4. The molecule has 184 valence electrons. The van der Waals surface area contributed by atoms with Gasteiger partial charge in [0.15, 0.2) is 5.76 Å². The van der Waals surface area contributed by atoms with Gasteiger partial charge in [0.25, 0.3) is 5.91 Å². The molecule has 5 rings (SSSR count). The van der Waals surface area contributed by atoms with Crippen molar-refractivity contribution < 1.29 is 18.7 Å². The van der Waals surface area contributed by atoms with Crippen LogP contribution >= 0.6 is 0 Å². The Kier molecular flexibility index (Phi) is 6.36. The van der Waals surface area contributed by atoms with E-state index in [0.29, 0.717) is 28.6 Å². The summed E-state index contributed by atoms with van der Waals surface area (Å²) in [4.78, 5) is 29.4. The average molecular weight is 477 g/mol. The number of methoxy groups -OCH3 is 1. The number of hydrogen-bond acceptors (Lipinski definition) is 5. The summed E-state index contributed by atoms with van der Waals surface area (Å²) in [5.74, 6) is 0.742. The van der Waals surface area contributed by atoms with Gasteiger partial charge in [-0.25, -0.2) is 0 Å². The number of nitrogens with one attached hydrogen (secondary N) is 1. The molecule has 3 aromatic rings. The summed E-state index contributed by atoms with van der Waals surface area (Å²) in [5, 5.41) is 7.92. The van der Waals surface area contributed by atoms with E-state index < -0.39 is 5.54 Å². The topological polar surface area (TPSA) is 89.6 Å². The smallest absolute Gasteiger partial charge is 0.277 e. The molecule has 1 N–H and O–H groups in total. The average Bonchev–Trinajstić information content (AvgIpc) is 3.51. The zero-order valence-corrected chi connectivity index (χ0v) is 20.3. The van der Waals surface area contributed by atoms with Crippen LogP contribution in [0.3, 0.4) is 0 Å². The number of hydrogen-bond donors (Lipinski definition) is 1. The van der Waals surface area contributed by atoms with Crippen LogP contribution in [-0.2, 0) is 11.3 Å². The van der Waals surface area contributed by atoms with Gasteiger partial charge < -0.3 is 14.5 Å². The standard InChI is InChI=1S/C27H32N4O4/c1-27(26(33)28-19-10-6-4-3-5-7-11-19)18-30-23(17-22(29-30)24-14-9-15-35-24)25(32)31(27)20-12-8-13-21(16-20)34-2/h8-9,12-17,19H,3-7,10-11,18H2,1-2H3,(H,28,33)/t27-/m0/s1. The van der Waals surface area contributed by atoms with Crippen molar-refractivity contribution in [2.45, 2.75) is 70.0 Å². The van der Waals surface area contributed by atoms with Crippen molar-refractivity contribution in [2.75, 3.05) is 12.0 Å². The highest BCUT2D eigenvalue weighted by Crippen LogP contribution is 2.36. The SMILES string of the molecule is COc1cccc(N2C(=O)c3cc(-c4ccco4)nn3C[C@@]2(C)C(=O)NC2CCCCCCC2)c1. The van der Waals surface area contributed by atoms with Crippen molar-refractivity contribution in [3.63, 3.8) is 0 Å². The Morgan fingerprint density at radius 2 is 1.89 bits per heavy atom. The number of carbonyl (C=O) groups is 2. The maximum atomic E-state index is 13.9. The van der Waals surface area contributed by atoms with E-state index in [9.17, 15) is 9.59 Å². The Morgan fingerprint density at radius 3 is 2.60 bits per heavy atom. The molecule has 0 unspecified atom stereocenters. The molecule has 0 saturated heterocycles. The zero-order valence-electron chi connectivity index (χ0n) is 20.3. The Hall–Kier alpha value is -3.55. The zero-order chi connectivity index (χ0) is 24.4. The Morgan fingerprint density at radius 1 is 1.11 bits per heavy atom. The molecule has 8 nitrogen and oxygen atoms in total. The minimum atomic E-state index is -1.18. The minimum absolute atomic E-state index is 0.111. The van der Waals surface area contributed by atoms with Crippen LogP contribution in [0.25, 0.3) is 11.5 Å². The summed E-state index contributed by atoms with van der Waals surface area (Å²) in [6.45, 7) is 2.05. The number of benzene rings is 1. The number of nitrogens with zero attached hydrogens (tertiary/aromatic N) is 3. The number of amides is 2. The summed E-state index contributed by atoms with van der Waals surface area (Å²) >= 11 is 0. The third kappa shape index (κ3) is 4.45. The van der Waals surface area contributed by atoms with Gasteiger partial charge in [-0.3, -0.25) is 19.2 Å². The second-order valence-corrected chi connectivity index (χ2v) is 9.68. The molecule has 0 radical (unpaired) electrons. The highest BCUT2D eigenvalue weighted by Gasteiger charge is 2.49. The summed E-state index contributed by atoms with van der Waals surface area (Å²) < 4.78 is 12.5. The van der Waals surface area contributed by atoms with Crippen LogP contribution in [0.4, 0.5) is 5.69 Å². The number of fused-ring (bicyclic) bond motifs is 1. The van der Waals surface area contributed by atoms with Crippen LogP contribution in [-0.4, -0.2) is 40.3 Å². The first-order chi connectivity index (χ1) is 17.0. The van der Waals surface area contributed by atoms with E-state index >= 15 is 0 Å². The van der Waals surface area contributed by atoms with Gasteiger partial charge in [-0.1, -0.05) is 38.2 Å². The molecule has 0 spiro atoms. The fourth-order valence-electron chi connectivity index (χ4n) is 5.22. The Bertz CT molecular complexity index is 1190. The first-order valence-electron chi connectivity index (χ1n) is 12.4. The molecule has 3 heterocycles. The van der Waals surface area contributed by atoms with E-state index in [1.165, 1.54) is 19.3 Å². The molecule has 1 aromatic carbocycles. The lowest BCUT2D eigenvalue weighted by Gasteiger charge is -2.43. The number of anilines is 1. The second kappa shape index (κ2) is 9.60. The predicted octanol–water partition coefficient (Wildman–Crippen LogP) is 4.80. The Balaban J connectivity index is 1.53. The first-order valence-corrected chi connectivity index (χ1v) is 12.4. The van der Waals surface area contributed by atoms with Crippen molar-refractivity contribution in [3.05, 3.63) is 54.4 Å². The lowest BCUT2D eigenvalue weighted by atomic mass is 9.91. The normalized spacial score (nSPS) is 21.2. The molecule has 1 fully saturated rings. The monoisotopic (exact) mass is 476 g/mol. The van der Waals surface area contributed by atoms with Crippen LogP contribution in [0.15, 0.2) is 53.1 Å². The molecule has 2 amide bonds. The van der Waals surface area contributed by atoms with Gasteiger partial charge in [0.2, 0.25) is 5.91 Å². The lowest BCUT2D eigenvalue weighted by molar-refractivity contribution is -0.127. The molecule has 8 heteroatoms. The fraction of sp³-hybridized carbons (Fsp3) is 0.444. The van der Waals surface area contributed by atoms with Crippen molar-refractivity contribution in [2.24, 2.45) is 0 Å². The molecule has 1 aliphatic carbocycles. The summed E-state index contributed by atoms with van der Waals surface area (Å²) in [6.07, 6.45) is 9.37. The molecule has 1 aliphatic heterocycles. The number of rotatable bonds is 5. The lowest BCUT2D eigenvalue weighted by Crippen LogP contribution is -2.65. The van der Waals surface area contributed by atoms with Crippen molar-refractivity contribution >= 4 is 17.5 Å². The molecule has 1 saturated carbocycles. The maximum Gasteiger partial charge on any atom is 0.277 e. The van der Waals surface area contributed by atoms with Crippen molar-refractivity contribution in [1.82, 2.24) is 15.1 Å². The third-order valence-electron chi connectivity index (χ3n) is 7.17. The minimum Gasteiger partial charge on any atom is -0.497 e. The van der Waals surface area contributed by atoms with Gasteiger partial charge in [0, 0.05) is 23.9 Å². The highest BCUT2D eigenvalue weighted by molar-refractivity contribution is 6.12. The van der Waals surface area contributed by atoms with E-state index in [2.05, 4.69) is 10.4 Å². The van der Waals surface area contributed by atoms with E-state index in [0.717, 1.165) is 25.7 Å². The molecule has 2 aliphatic rings. The number of furan rings is 1. The largest absolute Gasteiger partial charge is 0.497 e. The number of ether oxygens (including phenoxy) is 1. The van der Waals surface area contributed by atoms with Crippen LogP contribution in [0.1, 0.15) is 62.4 Å². The van der Waals surface area contributed by atoms with E-state index in [1.807, 2.05) is 25.1 Å². The van der Waals surface area contributed by atoms with Crippen molar-refractivity contribution in [1.29, 1.82) is 0 Å². The van der Waals surface area contributed by atoms with E-state index in [4.69, 9.17) is 9.15 Å². The van der Waals surface area contributed by atoms with Crippen molar-refractivity contribution in [3.8, 4) is 17.2 Å². The van der Waals surface area contributed by atoms with Crippen LogP contribution in [0.5, 0.6) is 5.75 Å². The van der Waals surface area contributed by atoms with Gasteiger partial charge in [-0.05, 0) is 44.0 Å². The van der Waals surface area contributed by atoms with Crippen LogP contribution in [0, 0.1) is 0 Å². The first kappa shape index (κ1) is 23.2. The quantitative estimate of drug-likeness (QED) is 0.571. The molecule has 0 bridgehead atoms. The highest BCUT2D eigenvalue weighted by atomic mass is 16.5. The van der Waals surface area contributed by atoms with Gasteiger partial charge in [0.05, 0.1) is 19.9 Å². The molecule has 1 atom stereocenters. The molecule has 2 aromatic heterocycles. The second-order valence-electron chi connectivity index (χ2n) is 9.68. The molecular weight excluding hydrogens is 444 g/mol. The van der Waals surface area contributed by atoms with Gasteiger partial charge in [0.1, 0.15) is 22.7 Å². The fourth-order valence-corrected chi connectivity index (χ4v) is 5.22. The third-order valence-corrected chi connectivity index (χ3v) is 7.17. The predicted molar refractivity (Wildman–Crippen MR) is 132 cm³/mol. The summed E-state index contributed by atoms with van der Waals surface area (Å²) in [6, 6.07) is 12.7. The number of carbonyl (C=O) groups excluding carboxylic acids is 2. The van der Waals surface area contributed by atoms with E-state index in [-0.39, 0.29) is 24.4 Å². The van der Waals surface area contributed by atoms with Gasteiger partial charge >= 0.3 is 0 Å². The van der Waals surface area contributed by atoms with Crippen LogP contribution < -0.4 is 15.0 Å². The number of aromatic nitrogens is 2. The van der Waals surface area contributed by atoms with Gasteiger partial charge in [-0.15, -0.1) is 0 Å². The summed E-state index contributed by atoms with van der Waals surface area (Å²) in [7, 11) is 1.59. The van der Waals surface area contributed by atoms with Gasteiger partial charge in [-0.2, -0.15) is 5.10 Å². The van der Waals surface area contributed by atoms with Crippen LogP contribution in [0.2, 0.25) is 0 Å². The Labute approximate surface area is 205 Å². The summed E-state index contributed by atoms with van der Waals surface area (Å²) in [5.41, 5.74) is 0.409. The molecule has 35 heavy (non-hydrogen) atoms.